The van der Waals surface area contributed by atoms with Crippen molar-refractivity contribution in [2.45, 2.75) is 59.4 Å². The molecule has 2 heterocycles. The molecule has 0 aliphatic carbocycles. The van der Waals surface area contributed by atoms with Gasteiger partial charge in [-0.25, -0.2) is 0 Å². The second-order valence-corrected chi connectivity index (χ2v) is 8.18. The van der Waals surface area contributed by atoms with Crippen LogP contribution in [0.25, 0.3) is 0 Å². The maximum absolute atomic E-state index is 11.4. The Morgan fingerprint density at radius 1 is 1.41 bits per heavy atom. The number of hydrogen-bond acceptors (Lipinski definition) is 4. The zero-order valence-electron chi connectivity index (χ0n) is 18.8. The third-order valence-corrected chi connectivity index (χ3v) is 5.71. The van der Waals surface area contributed by atoms with Crippen molar-refractivity contribution in [2.24, 2.45) is 23.7 Å². The van der Waals surface area contributed by atoms with Gasteiger partial charge in [-0.15, -0.1) is 0 Å². The number of nitrogens with one attached hydrogen (secondary N) is 2. The first kappa shape index (κ1) is 23.2. The summed E-state index contributed by atoms with van der Waals surface area (Å²) in [6, 6.07) is 0.257. The summed E-state index contributed by atoms with van der Waals surface area (Å²) in [5.74, 6) is 0.693. The van der Waals surface area contributed by atoms with Crippen LogP contribution in [0.4, 0.5) is 0 Å². The molecular formula is C21H39N7O. The summed E-state index contributed by atoms with van der Waals surface area (Å²) in [5.41, 5.74) is 9.08. The minimum absolute atomic E-state index is 0.00600. The number of rotatable bonds is 9. The molecule has 1 aliphatic heterocycles. The minimum atomic E-state index is -0.167. The second-order valence-electron chi connectivity index (χ2n) is 8.18. The van der Waals surface area contributed by atoms with Gasteiger partial charge in [0.1, 0.15) is 0 Å². The number of aliphatic imine (C=N–C) groups is 1. The van der Waals surface area contributed by atoms with Crippen molar-refractivity contribution in [1.82, 2.24) is 25.3 Å². The highest BCUT2D eigenvalue weighted by Crippen LogP contribution is 2.16. The van der Waals surface area contributed by atoms with Gasteiger partial charge in [0.05, 0.1) is 11.6 Å². The highest BCUT2D eigenvalue weighted by Gasteiger charge is 2.23. The molecule has 1 aromatic heterocycles. The lowest BCUT2D eigenvalue weighted by Gasteiger charge is -2.30. The van der Waals surface area contributed by atoms with Gasteiger partial charge in [0.2, 0.25) is 5.91 Å². The first-order chi connectivity index (χ1) is 13.8. The van der Waals surface area contributed by atoms with E-state index in [1.165, 1.54) is 11.3 Å². The summed E-state index contributed by atoms with van der Waals surface area (Å²) in [7, 11) is 1.99. The van der Waals surface area contributed by atoms with E-state index < -0.39 is 0 Å². The summed E-state index contributed by atoms with van der Waals surface area (Å²) in [4.78, 5) is 18.5. The number of nitrogens with zero attached hydrogens (tertiary/aromatic N) is 4. The lowest BCUT2D eigenvalue weighted by molar-refractivity contribution is -0.123. The zero-order chi connectivity index (χ0) is 21.4. The smallest absolute Gasteiger partial charge is 0.221 e. The van der Waals surface area contributed by atoms with E-state index in [-0.39, 0.29) is 17.9 Å². The molecule has 0 aromatic carbocycles. The fraction of sp³-hybridized carbons (Fsp3) is 0.762. The molecule has 1 amide bonds. The van der Waals surface area contributed by atoms with Crippen LogP contribution in [0.2, 0.25) is 0 Å². The third kappa shape index (κ3) is 7.03. The number of aromatic nitrogens is 2. The van der Waals surface area contributed by atoms with E-state index in [4.69, 9.17) is 10.7 Å². The average molecular weight is 406 g/mol. The van der Waals surface area contributed by atoms with Crippen molar-refractivity contribution >= 4 is 11.9 Å². The summed E-state index contributed by atoms with van der Waals surface area (Å²) in [5, 5.41) is 11.4. The number of guanidine groups is 1. The quantitative estimate of drug-likeness (QED) is 0.325. The molecule has 29 heavy (non-hydrogen) atoms. The summed E-state index contributed by atoms with van der Waals surface area (Å²) < 4.78 is 1.94. The lowest BCUT2D eigenvalue weighted by atomic mass is 9.97. The molecule has 8 nitrogen and oxygen atoms in total. The number of hydrogen-bond donors (Lipinski definition) is 3. The first-order valence-corrected chi connectivity index (χ1v) is 10.9. The maximum atomic E-state index is 11.4. The molecule has 1 aromatic rings. The molecule has 0 saturated carbocycles. The van der Waals surface area contributed by atoms with Gasteiger partial charge in [-0.2, -0.15) is 5.10 Å². The van der Waals surface area contributed by atoms with Gasteiger partial charge in [-0.1, -0.05) is 0 Å². The van der Waals surface area contributed by atoms with Gasteiger partial charge in [0.25, 0.3) is 0 Å². The summed E-state index contributed by atoms with van der Waals surface area (Å²) >= 11 is 0. The second kappa shape index (κ2) is 11.2. The standard InChI is InChI=1S/C21H39N7O/c1-6-23-21(25-15(2)13-19-16(3)26-27(5)17(19)4)24-10-8-12-28-11-7-9-18(14-28)20(22)29/h15,18H,6-14H2,1-5H3,(H2,22,29)(H2,23,24,25). The van der Waals surface area contributed by atoms with E-state index in [9.17, 15) is 4.79 Å². The third-order valence-electron chi connectivity index (χ3n) is 5.71. The molecule has 1 fully saturated rings. The predicted octanol–water partition coefficient (Wildman–Crippen LogP) is 1.11. The molecule has 164 valence electrons. The molecule has 1 aliphatic rings. The van der Waals surface area contributed by atoms with Crippen molar-refractivity contribution in [1.29, 1.82) is 0 Å². The number of likely N-dealkylation sites (tertiary alicyclic amines) is 1. The Balaban J connectivity index is 1.82. The first-order valence-electron chi connectivity index (χ1n) is 10.9. The van der Waals surface area contributed by atoms with Crippen LogP contribution in [0.1, 0.15) is 50.1 Å². The maximum Gasteiger partial charge on any atom is 0.221 e. The number of piperidine rings is 1. The predicted molar refractivity (Wildman–Crippen MR) is 118 cm³/mol. The van der Waals surface area contributed by atoms with E-state index in [0.717, 1.165) is 70.1 Å². The van der Waals surface area contributed by atoms with Crippen molar-refractivity contribution < 1.29 is 4.79 Å². The highest BCUT2D eigenvalue weighted by molar-refractivity contribution is 5.80. The molecule has 2 atom stereocenters. The van der Waals surface area contributed by atoms with Crippen LogP contribution in [0.15, 0.2) is 4.99 Å². The molecular weight excluding hydrogens is 366 g/mol. The topological polar surface area (TPSA) is 101 Å². The summed E-state index contributed by atoms with van der Waals surface area (Å²) in [6.45, 7) is 12.8. The van der Waals surface area contributed by atoms with Crippen LogP contribution < -0.4 is 16.4 Å². The molecule has 1 saturated heterocycles. The van der Waals surface area contributed by atoms with Gasteiger partial charge in [0.15, 0.2) is 5.96 Å². The molecule has 0 bridgehead atoms. The molecule has 8 heteroatoms. The molecule has 2 unspecified atom stereocenters. The van der Waals surface area contributed by atoms with Crippen molar-refractivity contribution in [2.75, 3.05) is 32.7 Å². The fourth-order valence-corrected chi connectivity index (χ4v) is 4.00. The van der Waals surface area contributed by atoms with Crippen LogP contribution in [0.5, 0.6) is 0 Å². The Hall–Kier alpha value is -2.09. The van der Waals surface area contributed by atoms with Crippen molar-refractivity contribution in [3.05, 3.63) is 17.0 Å². The fourth-order valence-electron chi connectivity index (χ4n) is 4.00. The number of carbonyl (C=O) groups is 1. The molecule has 4 N–H and O–H groups in total. The van der Waals surface area contributed by atoms with Crippen LogP contribution >= 0.6 is 0 Å². The number of amides is 1. The number of aryl methyl sites for hydroxylation is 2. The monoisotopic (exact) mass is 405 g/mol. The van der Waals surface area contributed by atoms with E-state index in [0.29, 0.717) is 0 Å². The Kier molecular flexibility index (Phi) is 8.95. The number of carbonyl (C=O) groups excluding carboxylic acids is 1. The van der Waals surface area contributed by atoms with Crippen LogP contribution in [-0.4, -0.2) is 65.3 Å². The Morgan fingerprint density at radius 2 is 2.17 bits per heavy atom. The SMILES string of the molecule is CCNC(=NCCCN1CCCC(C(N)=O)C1)NC(C)Cc1c(C)nn(C)c1C. The van der Waals surface area contributed by atoms with E-state index in [1.807, 2.05) is 11.7 Å². The number of nitrogens with two attached hydrogens (primary N) is 1. The normalized spacial score (nSPS) is 19.2. The van der Waals surface area contributed by atoms with Gasteiger partial charge >= 0.3 is 0 Å². The van der Waals surface area contributed by atoms with Gasteiger partial charge in [0, 0.05) is 38.4 Å². The van der Waals surface area contributed by atoms with E-state index >= 15 is 0 Å². The minimum Gasteiger partial charge on any atom is -0.369 e. The van der Waals surface area contributed by atoms with Gasteiger partial charge in [-0.05, 0) is 72.0 Å². The van der Waals surface area contributed by atoms with E-state index in [2.05, 4.69) is 48.3 Å². The average Bonchev–Trinajstić information content (AvgIpc) is 2.91. The highest BCUT2D eigenvalue weighted by atomic mass is 16.1. The molecule has 0 spiro atoms. The Labute approximate surface area is 175 Å². The van der Waals surface area contributed by atoms with Crippen molar-refractivity contribution in [3.63, 3.8) is 0 Å². The summed E-state index contributed by atoms with van der Waals surface area (Å²) in [6.07, 6.45) is 3.85. The Bertz CT molecular complexity index is 697. The molecule has 2 rings (SSSR count). The van der Waals surface area contributed by atoms with Gasteiger partial charge in [-0.3, -0.25) is 14.5 Å². The van der Waals surface area contributed by atoms with Crippen LogP contribution in [-0.2, 0) is 18.3 Å². The Morgan fingerprint density at radius 3 is 2.79 bits per heavy atom. The van der Waals surface area contributed by atoms with Crippen molar-refractivity contribution in [3.8, 4) is 0 Å². The van der Waals surface area contributed by atoms with E-state index in [1.54, 1.807) is 0 Å². The zero-order valence-corrected chi connectivity index (χ0v) is 18.8. The number of primary amides is 1. The van der Waals surface area contributed by atoms with Crippen LogP contribution in [0.3, 0.4) is 0 Å². The lowest BCUT2D eigenvalue weighted by Crippen LogP contribution is -2.43. The largest absolute Gasteiger partial charge is 0.369 e. The molecule has 0 radical (unpaired) electrons. The van der Waals surface area contributed by atoms with Gasteiger partial charge < -0.3 is 21.3 Å². The van der Waals surface area contributed by atoms with Crippen LogP contribution in [0, 0.1) is 19.8 Å².